The standard InChI is InChI=1S/C27H35N/c1-19-9-12-23(13-10-19)21(3)28-27-16-14-24-17-20(2)11-15-25(24)26(27)18-22-7-5-4-6-8-22/h4-8,11,15,17,19,23,26-28H,3,9-10,12-14,16,18H2,1-2H3. The third kappa shape index (κ3) is 4.35. The molecule has 0 aromatic heterocycles. The summed E-state index contributed by atoms with van der Waals surface area (Å²) in [5.41, 5.74) is 7.21. The molecule has 0 heterocycles. The fourth-order valence-electron chi connectivity index (χ4n) is 5.30. The van der Waals surface area contributed by atoms with Crippen LogP contribution >= 0.6 is 0 Å². The zero-order valence-corrected chi connectivity index (χ0v) is 17.6. The van der Waals surface area contributed by atoms with Crippen LogP contribution in [0.25, 0.3) is 0 Å². The number of benzene rings is 2. The van der Waals surface area contributed by atoms with Gasteiger partial charge in [0.05, 0.1) is 0 Å². The Hall–Kier alpha value is -2.02. The Morgan fingerprint density at radius 2 is 1.75 bits per heavy atom. The molecule has 0 aliphatic heterocycles. The van der Waals surface area contributed by atoms with E-state index < -0.39 is 0 Å². The predicted octanol–water partition coefficient (Wildman–Crippen LogP) is 6.57. The smallest absolute Gasteiger partial charge is 0.0333 e. The maximum Gasteiger partial charge on any atom is 0.0333 e. The van der Waals surface area contributed by atoms with Crippen molar-refractivity contribution in [3.05, 3.63) is 83.1 Å². The van der Waals surface area contributed by atoms with E-state index in [1.165, 1.54) is 55.3 Å². The summed E-state index contributed by atoms with van der Waals surface area (Å²) < 4.78 is 0. The van der Waals surface area contributed by atoms with E-state index in [4.69, 9.17) is 0 Å². The summed E-state index contributed by atoms with van der Waals surface area (Å²) in [5, 5.41) is 3.93. The van der Waals surface area contributed by atoms with Crippen LogP contribution in [0, 0.1) is 18.8 Å². The zero-order chi connectivity index (χ0) is 19.5. The number of allylic oxidation sites excluding steroid dienone is 1. The summed E-state index contributed by atoms with van der Waals surface area (Å²) in [6.45, 7) is 9.10. The minimum atomic E-state index is 0.488. The summed E-state index contributed by atoms with van der Waals surface area (Å²) >= 11 is 0. The van der Waals surface area contributed by atoms with E-state index in [9.17, 15) is 0 Å². The molecule has 2 aliphatic rings. The van der Waals surface area contributed by atoms with Crippen molar-refractivity contribution < 1.29 is 0 Å². The Morgan fingerprint density at radius 1 is 1.00 bits per heavy atom. The molecule has 0 amide bonds. The molecule has 148 valence electrons. The summed E-state index contributed by atoms with van der Waals surface area (Å²) in [4.78, 5) is 0. The lowest BCUT2D eigenvalue weighted by Crippen LogP contribution is -2.40. The van der Waals surface area contributed by atoms with Gasteiger partial charge in [-0.2, -0.15) is 0 Å². The van der Waals surface area contributed by atoms with Crippen molar-refractivity contribution in [3.8, 4) is 0 Å². The number of hydrogen-bond donors (Lipinski definition) is 1. The first kappa shape index (κ1) is 19.3. The van der Waals surface area contributed by atoms with Gasteiger partial charge in [0.1, 0.15) is 0 Å². The second-order valence-corrected chi connectivity index (χ2v) is 9.27. The molecule has 4 rings (SSSR count). The van der Waals surface area contributed by atoms with E-state index in [2.05, 4.69) is 74.3 Å². The average Bonchev–Trinajstić information content (AvgIpc) is 2.71. The van der Waals surface area contributed by atoms with E-state index in [-0.39, 0.29) is 0 Å². The highest BCUT2D eigenvalue weighted by molar-refractivity contribution is 5.39. The third-order valence-electron chi connectivity index (χ3n) is 7.09. The topological polar surface area (TPSA) is 12.0 Å². The molecule has 2 aromatic carbocycles. The second kappa shape index (κ2) is 8.55. The molecule has 0 radical (unpaired) electrons. The van der Waals surface area contributed by atoms with E-state index in [0.29, 0.717) is 17.9 Å². The second-order valence-electron chi connectivity index (χ2n) is 9.27. The van der Waals surface area contributed by atoms with Crippen LogP contribution in [-0.4, -0.2) is 6.04 Å². The van der Waals surface area contributed by atoms with Crippen LogP contribution in [0.15, 0.2) is 60.8 Å². The molecular weight excluding hydrogens is 338 g/mol. The fourth-order valence-corrected chi connectivity index (χ4v) is 5.30. The lowest BCUT2D eigenvalue weighted by molar-refractivity contribution is 0.297. The third-order valence-corrected chi connectivity index (χ3v) is 7.09. The van der Waals surface area contributed by atoms with Gasteiger partial charge >= 0.3 is 0 Å². The molecule has 1 saturated carbocycles. The molecule has 1 heteroatoms. The Morgan fingerprint density at radius 3 is 2.50 bits per heavy atom. The number of nitrogens with one attached hydrogen (secondary N) is 1. The molecule has 2 aromatic rings. The Labute approximate surface area is 171 Å². The number of hydrogen-bond acceptors (Lipinski definition) is 1. The summed E-state index contributed by atoms with van der Waals surface area (Å²) in [6, 6.07) is 18.6. The zero-order valence-electron chi connectivity index (χ0n) is 17.6. The van der Waals surface area contributed by atoms with Gasteiger partial charge in [0.15, 0.2) is 0 Å². The Kier molecular flexibility index (Phi) is 5.90. The minimum Gasteiger partial charge on any atom is -0.385 e. The van der Waals surface area contributed by atoms with E-state index in [1.54, 1.807) is 11.1 Å². The normalized spacial score (nSPS) is 27.1. The highest BCUT2D eigenvalue weighted by Gasteiger charge is 2.31. The van der Waals surface area contributed by atoms with Crippen LogP contribution in [0.2, 0.25) is 0 Å². The van der Waals surface area contributed by atoms with Crippen molar-refractivity contribution in [2.75, 3.05) is 0 Å². The molecule has 1 nitrogen and oxygen atoms in total. The van der Waals surface area contributed by atoms with Crippen molar-refractivity contribution in [1.82, 2.24) is 5.32 Å². The van der Waals surface area contributed by atoms with Crippen LogP contribution in [0.4, 0.5) is 0 Å². The van der Waals surface area contributed by atoms with E-state index in [0.717, 1.165) is 12.3 Å². The quantitative estimate of drug-likeness (QED) is 0.625. The Bertz CT molecular complexity index is 798. The molecule has 0 bridgehead atoms. The largest absolute Gasteiger partial charge is 0.385 e. The van der Waals surface area contributed by atoms with Crippen molar-refractivity contribution >= 4 is 0 Å². The summed E-state index contributed by atoms with van der Waals surface area (Å²) in [5.74, 6) is 2.07. The molecule has 2 atom stereocenters. The van der Waals surface area contributed by atoms with Gasteiger partial charge in [-0.1, -0.05) is 80.4 Å². The van der Waals surface area contributed by atoms with Crippen LogP contribution in [0.3, 0.4) is 0 Å². The Balaban J connectivity index is 1.54. The molecule has 1 fully saturated rings. The fraction of sp³-hybridized carbons (Fsp3) is 0.481. The first-order valence-electron chi connectivity index (χ1n) is 11.2. The molecule has 1 N–H and O–H groups in total. The summed E-state index contributed by atoms with van der Waals surface area (Å²) in [6.07, 6.45) is 8.80. The van der Waals surface area contributed by atoms with Crippen molar-refractivity contribution in [2.24, 2.45) is 11.8 Å². The van der Waals surface area contributed by atoms with Crippen LogP contribution < -0.4 is 5.32 Å². The van der Waals surface area contributed by atoms with Gasteiger partial charge in [-0.25, -0.2) is 0 Å². The highest BCUT2D eigenvalue weighted by Crippen LogP contribution is 2.37. The molecular formula is C27H35N. The summed E-state index contributed by atoms with van der Waals surface area (Å²) in [7, 11) is 0. The van der Waals surface area contributed by atoms with Gasteiger partial charge in [0, 0.05) is 17.7 Å². The first-order valence-corrected chi connectivity index (χ1v) is 11.2. The molecule has 0 saturated heterocycles. The van der Waals surface area contributed by atoms with Gasteiger partial charge < -0.3 is 5.32 Å². The van der Waals surface area contributed by atoms with E-state index in [1.807, 2.05) is 0 Å². The van der Waals surface area contributed by atoms with Crippen LogP contribution in [0.5, 0.6) is 0 Å². The maximum atomic E-state index is 4.50. The van der Waals surface area contributed by atoms with Crippen molar-refractivity contribution in [2.45, 2.75) is 70.8 Å². The van der Waals surface area contributed by atoms with Gasteiger partial charge in [0.2, 0.25) is 0 Å². The lowest BCUT2D eigenvalue weighted by Gasteiger charge is -2.38. The van der Waals surface area contributed by atoms with Crippen molar-refractivity contribution in [1.29, 1.82) is 0 Å². The van der Waals surface area contributed by atoms with Crippen molar-refractivity contribution in [3.63, 3.8) is 0 Å². The maximum absolute atomic E-state index is 4.50. The first-order chi connectivity index (χ1) is 13.6. The molecule has 2 aliphatic carbocycles. The van der Waals surface area contributed by atoms with Gasteiger partial charge in [-0.3, -0.25) is 0 Å². The van der Waals surface area contributed by atoms with E-state index >= 15 is 0 Å². The monoisotopic (exact) mass is 373 g/mol. The number of rotatable bonds is 5. The average molecular weight is 374 g/mol. The van der Waals surface area contributed by atoms with Gasteiger partial charge in [-0.05, 0) is 67.6 Å². The number of fused-ring (bicyclic) bond motifs is 1. The van der Waals surface area contributed by atoms with Gasteiger partial charge in [-0.15, -0.1) is 0 Å². The lowest BCUT2D eigenvalue weighted by atomic mass is 9.75. The van der Waals surface area contributed by atoms with Crippen LogP contribution in [-0.2, 0) is 12.8 Å². The number of aryl methyl sites for hydroxylation is 2. The predicted molar refractivity (Wildman–Crippen MR) is 120 cm³/mol. The SMILES string of the molecule is C=C(NC1CCc2cc(C)ccc2C1Cc1ccccc1)C1CCC(C)CC1. The molecule has 28 heavy (non-hydrogen) atoms. The molecule has 0 spiro atoms. The highest BCUT2D eigenvalue weighted by atomic mass is 14.9. The van der Waals surface area contributed by atoms with Gasteiger partial charge in [0.25, 0.3) is 0 Å². The molecule has 2 unspecified atom stereocenters. The van der Waals surface area contributed by atoms with Crippen LogP contribution in [0.1, 0.15) is 67.2 Å². The minimum absolute atomic E-state index is 0.488.